The Balaban J connectivity index is 1.73. The zero-order valence-electron chi connectivity index (χ0n) is 13.8. The summed E-state index contributed by atoms with van der Waals surface area (Å²) in [5.74, 6) is 0. The summed E-state index contributed by atoms with van der Waals surface area (Å²) in [5.41, 5.74) is 4.19. The maximum atomic E-state index is 11.8. The highest BCUT2D eigenvalue weighted by Crippen LogP contribution is 2.28. The van der Waals surface area contributed by atoms with Crippen molar-refractivity contribution in [2.24, 2.45) is 7.05 Å². The van der Waals surface area contributed by atoms with E-state index in [4.69, 9.17) is 0 Å². The van der Waals surface area contributed by atoms with Gasteiger partial charge >= 0.3 is 4.87 Å². The minimum Gasteiger partial charge on any atom is -0.302 e. The largest absolute Gasteiger partial charge is 0.307 e. The van der Waals surface area contributed by atoms with Crippen molar-refractivity contribution in [3.05, 3.63) is 74.1 Å². The predicted octanol–water partition coefficient (Wildman–Crippen LogP) is 4.79. The van der Waals surface area contributed by atoms with E-state index in [1.807, 2.05) is 60.0 Å². The Morgan fingerprint density at radius 3 is 2.81 bits per heavy atom. The molecule has 0 spiro atoms. The van der Waals surface area contributed by atoms with Crippen molar-refractivity contribution in [2.45, 2.75) is 0 Å². The van der Waals surface area contributed by atoms with Crippen LogP contribution in [0.4, 0.5) is 0 Å². The summed E-state index contributed by atoms with van der Waals surface area (Å²) in [4.78, 5) is 16.4. The van der Waals surface area contributed by atoms with Crippen LogP contribution >= 0.6 is 22.7 Å². The van der Waals surface area contributed by atoms with Crippen molar-refractivity contribution >= 4 is 44.5 Å². The van der Waals surface area contributed by atoms with Crippen molar-refractivity contribution in [3.63, 3.8) is 0 Å². The minimum atomic E-state index is 0.00839. The average molecular weight is 375 g/mol. The highest BCUT2D eigenvalue weighted by atomic mass is 32.1. The summed E-state index contributed by atoms with van der Waals surface area (Å²) in [7, 11) is 1.76. The molecular weight excluding hydrogens is 362 g/mol. The zero-order chi connectivity index (χ0) is 18.1. The normalized spacial score (nSPS) is 11.6. The quantitative estimate of drug-likeness (QED) is 0.484. The fraction of sp³-hybridized carbons (Fsp3) is 0.0500. The van der Waals surface area contributed by atoms with E-state index in [9.17, 15) is 10.1 Å². The summed E-state index contributed by atoms with van der Waals surface area (Å²) >= 11 is 2.66. The van der Waals surface area contributed by atoms with Gasteiger partial charge in [0.2, 0.25) is 0 Å². The molecule has 26 heavy (non-hydrogen) atoms. The van der Waals surface area contributed by atoms with E-state index < -0.39 is 0 Å². The molecule has 2 aromatic heterocycles. The molecule has 2 aromatic carbocycles. The van der Waals surface area contributed by atoms with Crippen molar-refractivity contribution < 1.29 is 0 Å². The van der Waals surface area contributed by atoms with Crippen molar-refractivity contribution in [1.29, 1.82) is 5.26 Å². The van der Waals surface area contributed by atoms with Crippen LogP contribution in [-0.2, 0) is 7.05 Å². The third-order valence-corrected chi connectivity index (χ3v) is 5.92. The molecule has 4 nitrogen and oxygen atoms in total. The molecule has 0 saturated carbocycles. The summed E-state index contributed by atoms with van der Waals surface area (Å²) < 4.78 is 2.54. The van der Waals surface area contributed by atoms with E-state index >= 15 is 0 Å². The monoisotopic (exact) mass is 375 g/mol. The van der Waals surface area contributed by atoms with Gasteiger partial charge in [-0.2, -0.15) is 5.26 Å². The Bertz CT molecular complexity index is 1220. The Morgan fingerprint density at radius 1 is 1.23 bits per heavy atom. The molecular formula is C20H13N3OS2. The maximum Gasteiger partial charge on any atom is 0.307 e. The maximum absolute atomic E-state index is 11.8. The van der Waals surface area contributed by atoms with Crippen molar-refractivity contribution in [2.75, 3.05) is 0 Å². The summed E-state index contributed by atoms with van der Waals surface area (Å²) in [6.45, 7) is 0. The first-order chi connectivity index (χ1) is 12.7. The van der Waals surface area contributed by atoms with Crippen LogP contribution in [0.3, 0.4) is 0 Å². The minimum absolute atomic E-state index is 0.00839. The first-order valence-corrected chi connectivity index (χ1v) is 9.58. The highest BCUT2D eigenvalue weighted by Gasteiger charge is 2.10. The van der Waals surface area contributed by atoms with Gasteiger partial charge in [-0.1, -0.05) is 47.7 Å². The summed E-state index contributed by atoms with van der Waals surface area (Å²) in [6, 6.07) is 17.9. The molecule has 4 rings (SSSR count). The van der Waals surface area contributed by atoms with Gasteiger partial charge in [0.1, 0.15) is 11.1 Å². The Hall–Kier alpha value is -3.01. The highest BCUT2D eigenvalue weighted by molar-refractivity contribution is 7.16. The molecule has 4 aromatic rings. The van der Waals surface area contributed by atoms with Gasteiger partial charge in [-0.05, 0) is 23.8 Å². The Kier molecular flexibility index (Phi) is 4.25. The topological polar surface area (TPSA) is 58.7 Å². The molecule has 0 saturated heterocycles. The number of aromatic nitrogens is 2. The number of nitriles is 1. The van der Waals surface area contributed by atoms with Crippen LogP contribution in [0.1, 0.15) is 10.6 Å². The van der Waals surface area contributed by atoms with E-state index in [0.29, 0.717) is 10.6 Å². The van der Waals surface area contributed by atoms with Crippen molar-refractivity contribution in [1.82, 2.24) is 9.55 Å². The number of allylic oxidation sites excluding steroid dienone is 1. The molecule has 0 amide bonds. The van der Waals surface area contributed by atoms with Crippen LogP contribution in [0.15, 0.2) is 58.7 Å². The van der Waals surface area contributed by atoms with Crippen LogP contribution in [0.25, 0.3) is 33.1 Å². The third-order valence-electron chi connectivity index (χ3n) is 4.05. The zero-order valence-corrected chi connectivity index (χ0v) is 15.5. The number of hydrogen-bond acceptors (Lipinski definition) is 5. The van der Waals surface area contributed by atoms with Crippen LogP contribution in [-0.4, -0.2) is 9.55 Å². The SMILES string of the molecule is Cn1c(=O)sc2cc(/C=C(\C#N)c3nc(-c4ccccc4)cs3)ccc21. The second kappa shape index (κ2) is 6.71. The summed E-state index contributed by atoms with van der Waals surface area (Å²) in [6.07, 6.45) is 1.82. The van der Waals surface area contributed by atoms with E-state index in [-0.39, 0.29) is 4.87 Å². The number of aryl methyl sites for hydroxylation is 1. The van der Waals surface area contributed by atoms with E-state index in [0.717, 1.165) is 27.0 Å². The van der Waals surface area contributed by atoms with Gasteiger partial charge < -0.3 is 4.57 Å². The van der Waals surface area contributed by atoms with Crippen molar-refractivity contribution in [3.8, 4) is 17.3 Å². The first-order valence-electron chi connectivity index (χ1n) is 7.88. The lowest BCUT2D eigenvalue weighted by Gasteiger charge is -1.98. The Morgan fingerprint density at radius 2 is 2.04 bits per heavy atom. The first kappa shape index (κ1) is 16.5. The molecule has 0 aliphatic carbocycles. The van der Waals surface area contributed by atoms with Gasteiger partial charge in [0.25, 0.3) is 0 Å². The van der Waals surface area contributed by atoms with Crippen LogP contribution in [0.5, 0.6) is 0 Å². The third kappa shape index (κ3) is 2.99. The molecule has 6 heteroatoms. The van der Waals surface area contributed by atoms with Gasteiger partial charge in [0.15, 0.2) is 0 Å². The molecule has 0 aliphatic heterocycles. The lowest BCUT2D eigenvalue weighted by molar-refractivity contribution is 0.939. The Labute approximate surface area is 157 Å². The molecule has 0 aliphatic rings. The number of nitrogens with zero attached hydrogens (tertiary/aromatic N) is 3. The fourth-order valence-corrected chi connectivity index (χ4v) is 4.41. The van der Waals surface area contributed by atoms with Crippen LogP contribution < -0.4 is 4.87 Å². The predicted molar refractivity (Wildman–Crippen MR) is 108 cm³/mol. The fourth-order valence-electron chi connectivity index (χ4n) is 2.69. The molecule has 0 atom stereocenters. The van der Waals surface area contributed by atoms with E-state index in [1.165, 1.54) is 22.7 Å². The van der Waals surface area contributed by atoms with Gasteiger partial charge in [0.05, 0.1) is 21.5 Å². The molecule has 2 heterocycles. The van der Waals surface area contributed by atoms with Gasteiger partial charge in [-0.15, -0.1) is 11.3 Å². The van der Waals surface area contributed by atoms with E-state index in [2.05, 4.69) is 11.1 Å². The smallest absolute Gasteiger partial charge is 0.302 e. The molecule has 0 bridgehead atoms. The second-order valence-corrected chi connectivity index (χ2v) is 7.58. The summed E-state index contributed by atoms with van der Waals surface area (Å²) in [5, 5.41) is 12.2. The van der Waals surface area contributed by atoms with Gasteiger partial charge in [-0.3, -0.25) is 4.79 Å². The number of fused-ring (bicyclic) bond motifs is 1. The standard InChI is InChI=1S/C20H13N3OS2/c1-23-17-8-7-13(10-18(17)26-20(23)24)9-15(11-21)19-22-16(12-25-19)14-5-3-2-4-6-14/h2-10,12H,1H3/b15-9+. The molecule has 0 fully saturated rings. The molecule has 0 N–H and O–H groups in total. The van der Waals surface area contributed by atoms with Gasteiger partial charge in [0, 0.05) is 18.0 Å². The lowest BCUT2D eigenvalue weighted by Crippen LogP contribution is -2.06. The number of rotatable bonds is 3. The molecule has 126 valence electrons. The molecule has 0 radical (unpaired) electrons. The number of benzene rings is 2. The van der Waals surface area contributed by atoms with Gasteiger partial charge in [-0.25, -0.2) is 4.98 Å². The second-order valence-electron chi connectivity index (χ2n) is 5.73. The number of hydrogen-bond donors (Lipinski definition) is 0. The molecule has 0 unspecified atom stereocenters. The van der Waals surface area contributed by atoms with Crippen LogP contribution in [0, 0.1) is 11.3 Å². The lowest BCUT2D eigenvalue weighted by atomic mass is 10.1. The number of thiazole rings is 2. The van der Waals surface area contributed by atoms with Crippen LogP contribution in [0.2, 0.25) is 0 Å². The average Bonchev–Trinajstić information content (AvgIpc) is 3.26. The van der Waals surface area contributed by atoms with E-state index in [1.54, 1.807) is 11.6 Å².